The van der Waals surface area contributed by atoms with E-state index in [-0.39, 0.29) is 0 Å². The lowest BCUT2D eigenvalue weighted by molar-refractivity contribution is 0.118. The summed E-state index contributed by atoms with van der Waals surface area (Å²) in [5.74, 6) is 0.971. The van der Waals surface area contributed by atoms with E-state index in [0.29, 0.717) is 6.04 Å². The highest BCUT2D eigenvalue weighted by Gasteiger charge is 2.31. The Kier molecular flexibility index (Phi) is 7.92. The Morgan fingerprint density at radius 1 is 1.11 bits per heavy atom. The fraction of sp³-hybridized carbons (Fsp3) is 1.00. The van der Waals surface area contributed by atoms with Crippen LogP contribution in [0.1, 0.15) is 65.2 Å². The van der Waals surface area contributed by atoms with Crippen LogP contribution in [0.15, 0.2) is 0 Å². The third-order valence-electron chi connectivity index (χ3n) is 4.67. The smallest absolute Gasteiger partial charge is 0.0248 e. The highest BCUT2D eigenvalue weighted by Crippen LogP contribution is 2.30. The molecule has 0 aromatic carbocycles. The normalized spacial score (nSPS) is 28.8. The topological polar surface area (TPSA) is 15.3 Å². The average Bonchev–Trinajstić information content (AvgIpc) is 2.39. The van der Waals surface area contributed by atoms with E-state index in [2.05, 4.69) is 38.2 Å². The molecular formula is C16H34N2. The quantitative estimate of drug-likeness (QED) is 0.665. The molecule has 1 rings (SSSR count). The van der Waals surface area contributed by atoms with Gasteiger partial charge in [0.15, 0.2) is 0 Å². The number of nitrogens with one attached hydrogen (secondary N) is 1. The van der Waals surface area contributed by atoms with Gasteiger partial charge in [0.25, 0.3) is 0 Å². The van der Waals surface area contributed by atoms with E-state index in [1.54, 1.807) is 0 Å². The molecule has 0 aliphatic heterocycles. The van der Waals surface area contributed by atoms with Crippen LogP contribution in [0.4, 0.5) is 0 Å². The summed E-state index contributed by atoms with van der Waals surface area (Å²) in [5.41, 5.74) is 0. The summed E-state index contributed by atoms with van der Waals surface area (Å²) < 4.78 is 0. The molecule has 0 spiro atoms. The lowest BCUT2D eigenvalue weighted by atomic mass is 9.79. The van der Waals surface area contributed by atoms with Gasteiger partial charge in [-0.15, -0.1) is 0 Å². The second kappa shape index (κ2) is 8.92. The van der Waals surface area contributed by atoms with E-state index in [4.69, 9.17) is 0 Å². The molecule has 18 heavy (non-hydrogen) atoms. The number of nitrogens with zero attached hydrogens (tertiary/aromatic N) is 1. The Morgan fingerprint density at radius 3 is 2.50 bits per heavy atom. The van der Waals surface area contributed by atoms with Gasteiger partial charge in [0, 0.05) is 12.1 Å². The van der Waals surface area contributed by atoms with E-state index < -0.39 is 0 Å². The maximum absolute atomic E-state index is 3.55. The summed E-state index contributed by atoms with van der Waals surface area (Å²) in [5, 5.41) is 3.55. The van der Waals surface area contributed by atoms with E-state index >= 15 is 0 Å². The number of hydrogen-bond acceptors (Lipinski definition) is 2. The maximum Gasteiger partial charge on any atom is 0.0248 e. The third-order valence-corrected chi connectivity index (χ3v) is 4.67. The standard InChI is InChI=1S/C16H34N2/c1-5-7-8-12-18(4)16-13-14(9-6-2)10-11-15(16)17-3/h14-17H,5-13H2,1-4H3. The number of unbranched alkanes of at least 4 members (excludes halogenated alkanes) is 2. The minimum atomic E-state index is 0.713. The minimum absolute atomic E-state index is 0.713. The zero-order valence-corrected chi connectivity index (χ0v) is 13.0. The summed E-state index contributed by atoms with van der Waals surface area (Å²) in [4.78, 5) is 2.62. The van der Waals surface area contributed by atoms with E-state index in [0.717, 1.165) is 12.0 Å². The average molecular weight is 254 g/mol. The number of likely N-dealkylation sites (N-methyl/N-ethyl adjacent to an activating group) is 2. The van der Waals surface area contributed by atoms with Crippen LogP contribution in [0, 0.1) is 5.92 Å². The molecule has 2 heteroatoms. The monoisotopic (exact) mass is 254 g/mol. The molecule has 0 heterocycles. The van der Waals surface area contributed by atoms with Crippen LogP contribution in [0.2, 0.25) is 0 Å². The van der Waals surface area contributed by atoms with Gasteiger partial charge in [-0.1, -0.05) is 39.5 Å². The molecule has 3 atom stereocenters. The van der Waals surface area contributed by atoms with Crippen molar-refractivity contribution in [3.63, 3.8) is 0 Å². The zero-order valence-electron chi connectivity index (χ0n) is 13.0. The van der Waals surface area contributed by atoms with Crippen molar-refractivity contribution in [2.75, 3.05) is 20.6 Å². The van der Waals surface area contributed by atoms with Crippen LogP contribution in [-0.4, -0.2) is 37.6 Å². The molecule has 108 valence electrons. The van der Waals surface area contributed by atoms with Crippen molar-refractivity contribution in [2.24, 2.45) is 5.92 Å². The molecule has 1 aliphatic rings. The first-order valence-electron chi connectivity index (χ1n) is 8.10. The fourth-order valence-corrected chi connectivity index (χ4v) is 3.50. The molecule has 1 aliphatic carbocycles. The van der Waals surface area contributed by atoms with Crippen molar-refractivity contribution >= 4 is 0 Å². The van der Waals surface area contributed by atoms with Crippen molar-refractivity contribution in [1.29, 1.82) is 0 Å². The van der Waals surface area contributed by atoms with Crippen LogP contribution in [0.3, 0.4) is 0 Å². The molecule has 1 N–H and O–H groups in total. The highest BCUT2D eigenvalue weighted by atomic mass is 15.2. The molecule has 1 saturated carbocycles. The Labute approximate surface area is 115 Å². The van der Waals surface area contributed by atoms with Crippen LogP contribution < -0.4 is 5.32 Å². The first-order chi connectivity index (χ1) is 8.72. The maximum atomic E-state index is 3.55. The first-order valence-corrected chi connectivity index (χ1v) is 8.10. The van der Waals surface area contributed by atoms with Gasteiger partial charge >= 0.3 is 0 Å². The Hall–Kier alpha value is -0.0800. The Balaban J connectivity index is 2.45. The van der Waals surface area contributed by atoms with E-state index in [1.807, 2.05) is 0 Å². The summed E-state index contributed by atoms with van der Waals surface area (Å²) in [6.45, 7) is 5.88. The van der Waals surface area contributed by atoms with Gasteiger partial charge < -0.3 is 10.2 Å². The van der Waals surface area contributed by atoms with Gasteiger partial charge in [-0.05, 0) is 52.2 Å². The molecule has 0 radical (unpaired) electrons. The van der Waals surface area contributed by atoms with Crippen LogP contribution in [0.5, 0.6) is 0 Å². The molecular weight excluding hydrogens is 220 g/mol. The fourth-order valence-electron chi connectivity index (χ4n) is 3.50. The van der Waals surface area contributed by atoms with E-state index in [1.165, 1.54) is 57.9 Å². The van der Waals surface area contributed by atoms with Crippen molar-refractivity contribution in [3.8, 4) is 0 Å². The summed E-state index contributed by atoms with van der Waals surface area (Å²) in [6.07, 6.45) is 11.0. The number of rotatable bonds is 8. The van der Waals surface area contributed by atoms with Gasteiger partial charge in [0.2, 0.25) is 0 Å². The van der Waals surface area contributed by atoms with Gasteiger partial charge in [-0.3, -0.25) is 0 Å². The second-order valence-corrected chi connectivity index (χ2v) is 6.12. The van der Waals surface area contributed by atoms with Gasteiger partial charge in [0.05, 0.1) is 0 Å². The van der Waals surface area contributed by atoms with Crippen molar-refractivity contribution in [1.82, 2.24) is 10.2 Å². The largest absolute Gasteiger partial charge is 0.315 e. The lowest BCUT2D eigenvalue weighted by Gasteiger charge is -2.41. The molecule has 0 saturated heterocycles. The third kappa shape index (κ3) is 4.89. The summed E-state index contributed by atoms with van der Waals surface area (Å²) in [7, 11) is 4.47. The molecule has 0 aromatic rings. The summed E-state index contributed by atoms with van der Waals surface area (Å²) >= 11 is 0. The van der Waals surface area contributed by atoms with Gasteiger partial charge in [-0.25, -0.2) is 0 Å². The summed E-state index contributed by atoms with van der Waals surface area (Å²) in [6, 6.07) is 1.47. The second-order valence-electron chi connectivity index (χ2n) is 6.12. The van der Waals surface area contributed by atoms with Gasteiger partial charge in [-0.2, -0.15) is 0 Å². The Bertz CT molecular complexity index is 205. The molecule has 1 fully saturated rings. The molecule has 0 amide bonds. The first kappa shape index (κ1) is 16.0. The SMILES string of the molecule is CCCCCN(C)C1CC(CCC)CCC1NC. The number of hydrogen-bond donors (Lipinski definition) is 1. The Morgan fingerprint density at radius 2 is 1.89 bits per heavy atom. The van der Waals surface area contributed by atoms with Crippen molar-refractivity contribution < 1.29 is 0 Å². The predicted molar refractivity (Wildman–Crippen MR) is 81.0 cm³/mol. The molecule has 2 nitrogen and oxygen atoms in total. The van der Waals surface area contributed by atoms with Crippen LogP contribution in [-0.2, 0) is 0 Å². The minimum Gasteiger partial charge on any atom is -0.315 e. The van der Waals surface area contributed by atoms with Crippen molar-refractivity contribution in [3.05, 3.63) is 0 Å². The molecule has 3 unspecified atom stereocenters. The predicted octanol–water partition coefficient (Wildman–Crippen LogP) is 3.67. The zero-order chi connectivity index (χ0) is 13.4. The van der Waals surface area contributed by atoms with E-state index in [9.17, 15) is 0 Å². The van der Waals surface area contributed by atoms with Gasteiger partial charge in [0.1, 0.15) is 0 Å². The van der Waals surface area contributed by atoms with Crippen LogP contribution >= 0.6 is 0 Å². The van der Waals surface area contributed by atoms with Crippen LogP contribution in [0.25, 0.3) is 0 Å². The lowest BCUT2D eigenvalue weighted by Crippen LogP contribution is -2.51. The molecule has 0 aromatic heterocycles. The highest BCUT2D eigenvalue weighted by molar-refractivity contribution is 4.89. The van der Waals surface area contributed by atoms with Crippen molar-refractivity contribution in [2.45, 2.75) is 77.3 Å². The molecule has 0 bridgehead atoms.